The van der Waals surface area contributed by atoms with E-state index in [0.717, 1.165) is 18.8 Å². The quantitative estimate of drug-likeness (QED) is 0.0293. The second-order valence-corrected chi connectivity index (χ2v) is 13.4. The van der Waals surface area contributed by atoms with E-state index in [4.69, 9.17) is 47.4 Å². The van der Waals surface area contributed by atoms with Crippen LogP contribution >= 0.6 is 12.6 Å². The Morgan fingerprint density at radius 3 is 1.26 bits per heavy atom. The average molecular weight is 793 g/mol. The van der Waals surface area contributed by atoms with Crippen LogP contribution in [-0.4, -0.2) is 202 Å². The van der Waals surface area contributed by atoms with E-state index in [2.05, 4.69) is 12.6 Å². The molecule has 0 amide bonds. The molecular formula is C35H68O17S. The van der Waals surface area contributed by atoms with Gasteiger partial charge >= 0.3 is 0 Å². The summed E-state index contributed by atoms with van der Waals surface area (Å²) < 4.78 is 54.9. The zero-order chi connectivity index (χ0) is 38.5. The van der Waals surface area contributed by atoms with Gasteiger partial charge in [0.1, 0.15) is 48.8 Å². The molecule has 0 aromatic rings. The Morgan fingerprint density at radius 1 is 0.396 bits per heavy atom. The number of hydrogen-bond acceptors (Lipinski definition) is 18. The third-order valence-electron chi connectivity index (χ3n) is 8.78. The summed E-state index contributed by atoms with van der Waals surface area (Å²) in [5, 5.41) is 70.5. The van der Waals surface area contributed by atoms with E-state index >= 15 is 0 Å². The Kier molecular flexibility index (Phi) is 29.2. The minimum Gasteiger partial charge on any atom is -0.394 e. The van der Waals surface area contributed by atoms with Gasteiger partial charge in [-0.25, -0.2) is 0 Å². The van der Waals surface area contributed by atoms with Gasteiger partial charge in [0.2, 0.25) is 0 Å². The second kappa shape index (κ2) is 31.7. The van der Waals surface area contributed by atoms with Crippen molar-refractivity contribution in [3.8, 4) is 0 Å². The van der Waals surface area contributed by atoms with Gasteiger partial charge in [0.15, 0.2) is 12.6 Å². The number of thiol groups is 1. The summed E-state index contributed by atoms with van der Waals surface area (Å²) in [6, 6.07) is 0. The van der Waals surface area contributed by atoms with Gasteiger partial charge in [-0.1, -0.05) is 44.9 Å². The van der Waals surface area contributed by atoms with E-state index < -0.39 is 74.6 Å². The summed E-state index contributed by atoms with van der Waals surface area (Å²) in [5.74, 6) is 1.00. The number of hydrogen-bond donors (Lipinski definition) is 8. The van der Waals surface area contributed by atoms with Gasteiger partial charge in [-0.3, -0.25) is 0 Å². The van der Waals surface area contributed by atoms with Gasteiger partial charge in [0.25, 0.3) is 0 Å². The molecule has 0 radical (unpaired) electrons. The van der Waals surface area contributed by atoms with Crippen LogP contribution in [0.2, 0.25) is 0 Å². The maximum atomic E-state index is 10.7. The predicted octanol–water partition coefficient (Wildman–Crippen LogP) is -0.833. The molecule has 17 nitrogen and oxygen atoms in total. The van der Waals surface area contributed by atoms with Crippen LogP contribution < -0.4 is 0 Å². The Balaban J connectivity index is 1.35. The first-order valence-corrected chi connectivity index (χ1v) is 19.8. The van der Waals surface area contributed by atoms with Crippen molar-refractivity contribution < 1.29 is 83.1 Å². The number of unbranched alkanes of at least 4 members (excludes halogenated alkanes) is 8. The maximum absolute atomic E-state index is 10.7. The minimum atomic E-state index is -1.74. The SMILES string of the molecule is OCC1O[C@@H](OCCOCCOCCOCCOCCOCCOCCCCCCCCCCCS)[C@@H](O)C(O)[C@@H]1O[C@@H]1O[C@@H](CO)[C@H](O)C(O)C1O. The summed E-state index contributed by atoms with van der Waals surface area (Å²) in [6.07, 6.45) is -3.61. The molecule has 2 saturated heterocycles. The fourth-order valence-electron chi connectivity index (χ4n) is 5.67. The predicted molar refractivity (Wildman–Crippen MR) is 193 cm³/mol. The summed E-state index contributed by atoms with van der Waals surface area (Å²) in [4.78, 5) is 0. The number of ether oxygens (including phenoxy) is 10. The molecule has 2 rings (SSSR count). The highest BCUT2D eigenvalue weighted by Gasteiger charge is 2.50. The third-order valence-corrected chi connectivity index (χ3v) is 9.09. The lowest BCUT2D eigenvalue weighted by Crippen LogP contribution is -2.64. The van der Waals surface area contributed by atoms with Crippen molar-refractivity contribution in [1.29, 1.82) is 0 Å². The van der Waals surface area contributed by atoms with Crippen LogP contribution in [-0.2, 0) is 47.4 Å². The highest BCUT2D eigenvalue weighted by molar-refractivity contribution is 7.80. The van der Waals surface area contributed by atoms with Crippen molar-refractivity contribution in [2.24, 2.45) is 0 Å². The first kappa shape index (κ1) is 48.8. The number of rotatable bonds is 34. The summed E-state index contributed by atoms with van der Waals surface area (Å²) in [6.45, 7) is 4.02. The molecule has 0 bridgehead atoms. The van der Waals surface area contributed by atoms with Gasteiger partial charge in [-0.2, -0.15) is 12.6 Å². The van der Waals surface area contributed by atoms with E-state index in [1.54, 1.807) is 0 Å². The standard InChI is InChI=1S/C35H68O17S/c36-24-26-28(38)29(39)31(41)35(50-26)52-33-27(25-37)51-34(32(42)30(33)40)49-22-21-48-20-19-47-18-17-46-16-15-45-14-13-44-12-11-43-10-8-6-4-2-1-3-5-7-9-23-53/h26-42,53H,1-25H2/t26-,27?,28-,29?,30?,31?,32-,33+,34+,35-/m0/s1. The molecule has 2 aliphatic rings. The molecule has 10 atom stereocenters. The highest BCUT2D eigenvalue weighted by atomic mass is 32.1. The molecule has 4 unspecified atom stereocenters. The van der Waals surface area contributed by atoms with E-state index in [1.165, 1.54) is 51.4 Å². The molecule has 53 heavy (non-hydrogen) atoms. The number of aliphatic hydroxyl groups is 7. The lowest BCUT2D eigenvalue weighted by atomic mass is 9.97. The van der Waals surface area contributed by atoms with Gasteiger partial charge in [-0.15, -0.1) is 0 Å². The summed E-state index contributed by atoms with van der Waals surface area (Å²) >= 11 is 4.24. The van der Waals surface area contributed by atoms with Crippen LogP contribution in [0.25, 0.3) is 0 Å². The molecule has 7 N–H and O–H groups in total. The van der Waals surface area contributed by atoms with Gasteiger partial charge < -0.3 is 83.1 Å². The molecule has 18 heteroatoms. The van der Waals surface area contributed by atoms with E-state index in [9.17, 15) is 35.7 Å². The lowest BCUT2D eigenvalue weighted by molar-refractivity contribution is -0.359. The van der Waals surface area contributed by atoms with E-state index in [0.29, 0.717) is 59.5 Å². The third kappa shape index (κ3) is 20.6. The van der Waals surface area contributed by atoms with Crippen LogP contribution in [0.3, 0.4) is 0 Å². The smallest absolute Gasteiger partial charge is 0.187 e. The van der Waals surface area contributed by atoms with Crippen LogP contribution in [0.4, 0.5) is 0 Å². The van der Waals surface area contributed by atoms with Crippen molar-refractivity contribution in [1.82, 2.24) is 0 Å². The second-order valence-electron chi connectivity index (χ2n) is 13.0. The molecule has 0 aromatic carbocycles. The van der Waals surface area contributed by atoms with Crippen molar-refractivity contribution in [3.63, 3.8) is 0 Å². The largest absolute Gasteiger partial charge is 0.394 e. The molecule has 0 saturated carbocycles. The van der Waals surface area contributed by atoms with Crippen molar-refractivity contribution in [3.05, 3.63) is 0 Å². The zero-order valence-corrected chi connectivity index (χ0v) is 32.0. The fraction of sp³-hybridized carbons (Fsp3) is 1.00. The Bertz CT molecular complexity index is 833. The maximum Gasteiger partial charge on any atom is 0.187 e. The summed E-state index contributed by atoms with van der Waals surface area (Å²) in [7, 11) is 0. The monoisotopic (exact) mass is 792 g/mol. The van der Waals surface area contributed by atoms with Crippen LogP contribution in [0.1, 0.15) is 57.8 Å². The van der Waals surface area contributed by atoms with Crippen molar-refractivity contribution in [2.75, 3.05) is 105 Å². The van der Waals surface area contributed by atoms with Gasteiger partial charge in [0, 0.05) is 6.61 Å². The highest BCUT2D eigenvalue weighted by Crippen LogP contribution is 2.29. The Labute approximate surface area is 319 Å². The molecule has 0 aromatic heterocycles. The molecule has 2 fully saturated rings. The Hall–Kier alpha value is -0.330. The van der Waals surface area contributed by atoms with Crippen LogP contribution in [0.15, 0.2) is 0 Å². The molecule has 0 spiro atoms. The lowest BCUT2D eigenvalue weighted by Gasteiger charge is -2.45. The first-order valence-electron chi connectivity index (χ1n) is 19.1. The molecule has 2 aliphatic heterocycles. The van der Waals surface area contributed by atoms with Crippen LogP contribution in [0.5, 0.6) is 0 Å². The van der Waals surface area contributed by atoms with Crippen molar-refractivity contribution >= 4 is 12.6 Å². The summed E-state index contributed by atoms with van der Waals surface area (Å²) in [5.41, 5.74) is 0. The topological polar surface area (TPSA) is 234 Å². The van der Waals surface area contributed by atoms with Gasteiger partial charge in [-0.05, 0) is 18.6 Å². The molecule has 2 heterocycles. The minimum absolute atomic E-state index is 0.00910. The molecular weight excluding hydrogens is 724 g/mol. The Morgan fingerprint density at radius 2 is 0.792 bits per heavy atom. The normalized spacial score (nSPS) is 29.2. The molecule has 316 valence electrons. The number of aliphatic hydroxyl groups excluding tert-OH is 7. The van der Waals surface area contributed by atoms with Crippen LogP contribution in [0, 0.1) is 0 Å². The van der Waals surface area contributed by atoms with E-state index in [-0.39, 0.29) is 19.8 Å². The zero-order valence-electron chi connectivity index (χ0n) is 31.1. The fourth-order valence-corrected chi connectivity index (χ4v) is 5.89. The van der Waals surface area contributed by atoms with Crippen molar-refractivity contribution in [2.45, 2.75) is 119 Å². The van der Waals surface area contributed by atoms with E-state index in [1.807, 2.05) is 0 Å². The van der Waals surface area contributed by atoms with Gasteiger partial charge in [0.05, 0.1) is 92.5 Å². The molecule has 0 aliphatic carbocycles. The average Bonchev–Trinajstić information content (AvgIpc) is 3.16. The first-order chi connectivity index (χ1) is 25.8.